The summed E-state index contributed by atoms with van der Waals surface area (Å²) in [5, 5.41) is 0. The number of H-pyrrole nitrogens is 1. The molecule has 0 bridgehead atoms. The number of nitrogens with zero attached hydrogens (tertiary/aromatic N) is 3. The number of benzene rings is 3. The lowest BCUT2D eigenvalue weighted by Crippen LogP contribution is -2.48. The second-order valence-corrected chi connectivity index (χ2v) is 10.2. The van der Waals surface area contributed by atoms with Crippen LogP contribution in [0.15, 0.2) is 60.7 Å². The van der Waals surface area contributed by atoms with E-state index in [4.69, 9.17) is 4.74 Å². The first-order valence-electron chi connectivity index (χ1n) is 15.1. The van der Waals surface area contributed by atoms with Crippen LogP contribution in [0.1, 0.15) is 69.7 Å². The predicted octanol–water partition coefficient (Wildman–Crippen LogP) is 7.47. The van der Waals surface area contributed by atoms with Crippen LogP contribution in [0.4, 0.5) is 5.69 Å². The Hall–Kier alpha value is -4.13. The van der Waals surface area contributed by atoms with Crippen molar-refractivity contribution in [3.05, 3.63) is 77.6 Å². The monoisotopic (exact) mass is 570 g/mol. The number of Topliss-reactive ketones (excluding diaryl/α,β-unsaturated/α-hetero) is 1. The number of aromatic nitrogens is 2. The van der Waals surface area contributed by atoms with Crippen molar-refractivity contribution in [2.75, 3.05) is 37.7 Å². The lowest BCUT2D eigenvalue weighted by Gasteiger charge is -2.35. The summed E-state index contributed by atoms with van der Waals surface area (Å²) in [4.78, 5) is 34.3. The number of amides is 1. The predicted molar refractivity (Wildman–Crippen MR) is 174 cm³/mol. The van der Waals surface area contributed by atoms with Gasteiger partial charge in [-0.15, -0.1) is 0 Å². The molecule has 0 aliphatic carbocycles. The largest absolute Gasteiger partial charge is 0.493 e. The Morgan fingerprint density at radius 2 is 1.52 bits per heavy atom. The number of aryl methyl sites for hydroxylation is 2. The van der Waals surface area contributed by atoms with Gasteiger partial charge in [0.25, 0.3) is 0 Å². The van der Waals surface area contributed by atoms with Gasteiger partial charge >= 0.3 is 0 Å². The number of hydrogen-bond acceptors (Lipinski definition) is 5. The molecule has 4 aromatic rings. The van der Waals surface area contributed by atoms with Crippen LogP contribution in [0.5, 0.6) is 5.75 Å². The molecule has 1 N–H and O–H groups in total. The Kier molecular flexibility index (Phi) is 12.1. The first-order chi connectivity index (χ1) is 20.3. The number of ketones is 1. The van der Waals surface area contributed by atoms with E-state index in [1.165, 1.54) is 16.7 Å². The topological polar surface area (TPSA) is 78.5 Å². The molecule has 1 saturated heterocycles. The molecular weight excluding hydrogens is 524 g/mol. The summed E-state index contributed by atoms with van der Waals surface area (Å²) in [6.07, 6.45) is 2.00. The zero-order chi connectivity index (χ0) is 30.6. The molecule has 7 nitrogen and oxygen atoms in total. The van der Waals surface area contributed by atoms with Gasteiger partial charge in [0.1, 0.15) is 11.6 Å². The van der Waals surface area contributed by atoms with Crippen molar-refractivity contribution in [2.45, 2.75) is 61.3 Å². The highest BCUT2D eigenvalue weighted by molar-refractivity contribution is 5.94. The van der Waals surface area contributed by atoms with Crippen molar-refractivity contribution < 1.29 is 14.3 Å². The van der Waals surface area contributed by atoms with Gasteiger partial charge in [-0.1, -0.05) is 39.8 Å². The normalized spacial score (nSPS) is 12.6. The molecule has 0 spiro atoms. The zero-order valence-electron chi connectivity index (χ0n) is 26.3. The van der Waals surface area contributed by atoms with Crippen molar-refractivity contribution in [3.63, 3.8) is 0 Å². The van der Waals surface area contributed by atoms with E-state index in [9.17, 15) is 9.59 Å². The summed E-state index contributed by atoms with van der Waals surface area (Å²) < 4.78 is 5.83. The molecule has 1 fully saturated rings. The number of carbonyl (C=O) groups is 2. The third-order valence-electron chi connectivity index (χ3n) is 7.20. The Labute approximate surface area is 250 Å². The first kappa shape index (κ1) is 32.4. The minimum Gasteiger partial charge on any atom is -0.493 e. The van der Waals surface area contributed by atoms with Crippen LogP contribution in [-0.2, 0) is 11.2 Å². The van der Waals surface area contributed by atoms with Crippen molar-refractivity contribution in [1.29, 1.82) is 0 Å². The van der Waals surface area contributed by atoms with Gasteiger partial charge in [0.05, 0.1) is 17.6 Å². The standard InChI is InChI=1S/C19H22N2O.C14H18N2O2.C2H6/c1-4-10-22-19-9-7-15(11-14(19)5-2)16-6-8-17-18(12-16)21-13(3)20-17;1-11(17)13-3-5-14(6-4-13)16-9-7-15(8-10-16)12(2)18;1-2/h6-9,11-12H,4-5,10H2,1-3H3,(H,20,21);3-6H,7-10H2,1-2H3;1-2H3. The number of piperazine rings is 1. The molecular formula is C35H46N4O3. The summed E-state index contributed by atoms with van der Waals surface area (Å²) in [6, 6.07) is 20.5. The van der Waals surface area contributed by atoms with E-state index < -0.39 is 0 Å². The summed E-state index contributed by atoms with van der Waals surface area (Å²) in [6.45, 7) is 17.4. The molecule has 1 amide bonds. The van der Waals surface area contributed by atoms with Gasteiger partial charge in [0, 0.05) is 44.4 Å². The van der Waals surface area contributed by atoms with Crippen LogP contribution < -0.4 is 9.64 Å². The molecule has 7 heteroatoms. The van der Waals surface area contributed by atoms with E-state index in [1.807, 2.05) is 49.9 Å². The van der Waals surface area contributed by atoms with Crippen LogP contribution >= 0.6 is 0 Å². The summed E-state index contributed by atoms with van der Waals surface area (Å²) in [5.41, 5.74) is 7.62. The number of imidazole rings is 1. The van der Waals surface area contributed by atoms with Crippen molar-refractivity contribution in [2.24, 2.45) is 0 Å². The average molecular weight is 571 g/mol. The van der Waals surface area contributed by atoms with Crippen LogP contribution in [0.2, 0.25) is 0 Å². The number of hydrogen-bond donors (Lipinski definition) is 1. The number of carbonyl (C=O) groups excluding carboxylic acids is 2. The Balaban J connectivity index is 0.000000222. The average Bonchev–Trinajstić information content (AvgIpc) is 3.40. The van der Waals surface area contributed by atoms with Gasteiger partial charge < -0.3 is 19.5 Å². The lowest BCUT2D eigenvalue weighted by atomic mass is 10.0. The number of fused-ring (bicyclic) bond motifs is 1. The minimum atomic E-state index is 0.0861. The molecule has 0 saturated carbocycles. The fourth-order valence-corrected chi connectivity index (χ4v) is 4.89. The summed E-state index contributed by atoms with van der Waals surface area (Å²) in [7, 11) is 0. The van der Waals surface area contributed by atoms with Crippen molar-refractivity contribution in [1.82, 2.24) is 14.9 Å². The van der Waals surface area contributed by atoms with Gasteiger partial charge in [-0.25, -0.2) is 4.98 Å². The van der Waals surface area contributed by atoms with Crippen LogP contribution in [-0.4, -0.2) is 59.3 Å². The van der Waals surface area contributed by atoms with E-state index in [0.717, 1.165) is 79.5 Å². The summed E-state index contributed by atoms with van der Waals surface area (Å²) in [5.74, 6) is 2.18. The quantitative estimate of drug-likeness (QED) is 0.233. The molecule has 0 radical (unpaired) electrons. The van der Waals surface area contributed by atoms with Gasteiger partial charge in [-0.3, -0.25) is 9.59 Å². The fraction of sp³-hybridized carbons (Fsp3) is 0.400. The fourth-order valence-electron chi connectivity index (χ4n) is 4.89. The van der Waals surface area contributed by atoms with Crippen molar-refractivity contribution >= 4 is 28.4 Å². The SMILES string of the molecule is CC.CC(=O)c1ccc(N2CCN(C(C)=O)CC2)cc1.CCCOc1ccc(-c2ccc3nc(C)[nH]c3c2)cc1CC. The molecule has 0 unspecified atom stereocenters. The molecule has 2 heterocycles. The van der Waals surface area contributed by atoms with E-state index >= 15 is 0 Å². The number of rotatable bonds is 7. The second-order valence-electron chi connectivity index (χ2n) is 10.2. The van der Waals surface area contributed by atoms with E-state index in [2.05, 4.69) is 65.1 Å². The first-order valence-corrected chi connectivity index (χ1v) is 15.1. The maximum absolute atomic E-state index is 11.2. The molecule has 42 heavy (non-hydrogen) atoms. The molecule has 1 aliphatic heterocycles. The van der Waals surface area contributed by atoms with Gasteiger partial charge in [0.2, 0.25) is 5.91 Å². The van der Waals surface area contributed by atoms with Crippen LogP contribution in [0.3, 0.4) is 0 Å². The van der Waals surface area contributed by atoms with Crippen LogP contribution in [0, 0.1) is 6.92 Å². The smallest absolute Gasteiger partial charge is 0.219 e. The number of ether oxygens (including phenoxy) is 1. The molecule has 3 aromatic carbocycles. The molecule has 5 rings (SSSR count). The number of anilines is 1. The minimum absolute atomic E-state index is 0.0861. The highest BCUT2D eigenvalue weighted by Crippen LogP contribution is 2.29. The molecule has 0 atom stereocenters. The van der Waals surface area contributed by atoms with Crippen molar-refractivity contribution in [3.8, 4) is 16.9 Å². The highest BCUT2D eigenvalue weighted by Gasteiger charge is 2.18. The van der Waals surface area contributed by atoms with Crippen LogP contribution in [0.25, 0.3) is 22.2 Å². The summed E-state index contributed by atoms with van der Waals surface area (Å²) >= 11 is 0. The highest BCUT2D eigenvalue weighted by atomic mass is 16.5. The third-order valence-corrected chi connectivity index (χ3v) is 7.20. The molecule has 1 aromatic heterocycles. The van der Waals surface area contributed by atoms with E-state index in [1.54, 1.807) is 13.8 Å². The van der Waals surface area contributed by atoms with Gasteiger partial charge in [0.15, 0.2) is 5.78 Å². The number of aromatic amines is 1. The zero-order valence-corrected chi connectivity index (χ0v) is 26.3. The lowest BCUT2D eigenvalue weighted by molar-refractivity contribution is -0.129. The third kappa shape index (κ3) is 8.44. The van der Waals surface area contributed by atoms with E-state index in [-0.39, 0.29) is 11.7 Å². The number of nitrogens with one attached hydrogen (secondary N) is 1. The Bertz CT molecular complexity index is 1450. The Morgan fingerprint density at radius 1 is 0.881 bits per heavy atom. The van der Waals surface area contributed by atoms with Gasteiger partial charge in [-0.2, -0.15) is 0 Å². The second kappa shape index (κ2) is 15.8. The Morgan fingerprint density at radius 3 is 2.12 bits per heavy atom. The van der Waals surface area contributed by atoms with E-state index in [0.29, 0.717) is 0 Å². The van der Waals surface area contributed by atoms with Gasteiger partial charge in [-0.05, 0) is 91.9 Å². The maximum atomic E-state index is 11.2. The maximum Gasteiger partial charge on any atom is 0.219 e. The molecule has 1 aliphatic rings. The molecule has 224 valence electrons.